The van der Waals surface area contributed by atoms with E-state index < -0.39 is 5.54 Å². The maximum atomic E-state index is 11.9. The van der Waals surface area contributed by atoms with Gasteiger partial charge in [-0.05, 0) is 20.3 Å². The van der Waals surface area contributed by atoms with Gasteiger partial charge in [0, 0.05) is 11.8 Å². The monoisotopic (exact) mass is 267 g/mol. The summed E-state index contributed by atoms with van der Waals surface area (Å²) in [5.41, 5.74) is -0.0828. The van der Waals surface area contributed by atoms with E-state index in [-0.39, 0.29) is 5.97 Å². The van der Waals surface area contributed by atoms with Crippen molar-refractivity contribution < 1.29 is 14.3 Å². The quantitative estimate of drug-likeness (QED) is 0.794. The van der Waals surface area contributed by atoms with E-state index in [1.54, 1.807) is 13.0 Å². The lowest BCUT2D eigenvalue weighted by atomic mass is 9.96. The highest BCUT2D eigenvalue weighted by atomic mass is 16.5. The molecule has 1 atom stereocenters. The summed E-state index contributed by atoms with van der Waals surface area (Å²) in [4.78, 5) is 20.3. The summed E-state index contributed by atoms with van der Waals surface area (Å²) in [5.74, 6) is 0.482. The van der Waals surface area contributed by atoms with Crippen molar-refractivity contribution in [2.45, 2.75) is 39.2 Å². The minimum Gasteiger partial charge on any atom is -0.481 e. The van der Waals surface area contributed by atoms with Gasteiger partial charge in [-0.15, -0.1) is 0 Å². The molecular formula is C13H21N3O3. The number of carbonyl (C=O) groups is 1. The average molecular weight is 267 g/mol. The number of nitrogens with zero attached hydrogens (tertiary/aromatic N) is 2. The van der Waals surface area contributed by atoms with Gasteiger partial charge in [-0.1, -0.05) is 13.3 Å². The third kappa shape index (κ3) is 3.81. The van der Waals surface area contributed by atoms with Crippen molar-refractivity contribution in [2.75, 3.05) is 19.5 Å². The van der Waals surface area contributed by atoms with Gasteiger partial charge in [0.2, 0.25) is 11.8 Å². The Labute approximate surface area is 113 Å². The molecule has 0 spiro atoms. The first-order valence-electron chi connectivity index (χ1n) is 6.21. The highest BCUT2D eigenvalue weighted by Crippen LogP contribution is 2.21. The van der Waals surface area contributed by atoms with Crippen LogP contribution in [0.1, 0.15) is 32.4 Å². The minimum absolute atomic E-state index is 0.335. The molecule has 19 heavy (non-hydrogen) atoms. The number of hydrogen-bond donors (Lipinski definition) is 1. The van der Waals surface area contributed by atoms with E-state index in [2.05, 4.69) is 15.3 Å². The molecule has 1 heterocycles. The molecule has 1 unspecified atom stereocenters. The molecule has 0 aliphatic carbocycles. The first-order valence-corrected chi connectivity index (χ1v) is 6.21. The maximum absolute atomic E-state index is 11.9. The number of aryl methyl sites for hydroxylation is 1. The first-order chi connectivity index (χ1) is 8.95. The third-order valence-corrected chi connectivity index (χ3v) is 2.81. The zero-order chi connectivity index (χ0) is 14.5. The van der Waals surface area contributed by atoms with E-state index >= 15 is 0 Å². The number of nitrogens with one attached hydrogen (secondary N) is 1. The number of methoxy groups -OCH3 is 2. The molecule has 0 aromatic carbocycles. The van der Waals surface area contributed by atoms with E-state index in [9.17, 15) is 4.79 Å². The molecule has 1 N–H and O–H groups in total. The van der Waals surface area contributed by atoms with E-state index in [4.69, 9.17) is 9.47 Å². The zero-order valence-electron chi connectivity index (χ0n) is 12.1. The number of anilines is 1. The normalized spacial score (nSPS) is 13.5. The van der Waals surface area contributed by atoms with Gasteiger partial charge >= 0.3 is 5.97 Å². The molecule has 106 valence electrons. The van der Waals surface area contributed by atoms with Crippen molar-refractivity contribution in [1.82, 2.24) is 9.97 Å². The number of ether oxygens (including phenoxy) is 2. The fraction of sp³-hybridized carbons (Fsp3) is 0.615. The Kier molecular flexibility index (Phi) is 5.09. The van der Waals surface area contributed by atoms with Gasteiger partial charge in [-0.25, -0.2) is 9.78 Å². The van der Waals surface area contributed by atoms with Gasteiger partial charge in [0.1, 0.15) is 5.54 Å². The maximum Gasteiger partial charge on any atom is 0.331 e. The van der Waals surface area contributed by atoms with Gasteiger partial charge < -0.3 is 14.8 Å². The smallest absolute Gasteiger partial charge is 0.331 e. The number of rotatable bonds is 6. The van der Waals surface area contributed by atoms with Crippen LogP contribution in [0.4, 0.5) is 5.95 Å². The van der Waals surface area contributed by atoms with E-state index in [0.717, 1.165) is 12.1 Å². The summed E-state index contributed by atoms with van der Waals surface area (Å²) < 4.78 is 9.93. The van der Waals surface area contributed by atoms with Gasteiger partial charge in [-0.3, -0.25) is 0 Å². The van der Waals surface area contributed by atoms with Gasteiger partial charge in [-0.2, -0.15) is 4.98 Å². The van der Waals surface area contributed by atoms with Gasteiger partial charge in [0.25, 0.3) is 0 Å². The van der Waals surface area contributed by atoms with Crippen molar-refractivity contribution in [2.24, 2.45) is 0 Å². The molecule has 6 nitrogen and oxygen atoms in total. The number of carbonyl (C=O) groups excluding carboxylic acids is 1. The van der Waals surface area contributed by atoms with Crippen LogP contribution in [0.15, 0.2) is 6.07 Å². The average Bonchev–Trinajstić information content (AvgIpc) is 2.37. The standard InChI is InChI=1S/C13H21N3O3/c1-6-7-13(3,11(17)19-5)16-12-14-9(2)8-10(15-12)18-4/h8H,6-7H2,1-5H3,(H,14,15,16). The first kappa shape index (κ1) is 15.2. The molecule has 6 heteroatoms. The lowest BCUT2D eigenvalue weighted by Gasteiger charge is -2.27. The van der Waals surface area contributed by atoms with Crippen LogP contribution in [-0.2, 0) is 9.53 Å². The molecule has 0 fully saturated rings. The highest BCUT2D eigenvalue weighted by molar-refractivity contribution is 5.83. The molecular weight excluding hydrogens is 246 g/mol. The van der Waals surface area contributed by atoms with Crippen molar-refractivity contribution >= 4 is 11.9 Å². The summed E-state index contributed by atoms with van der Waals surface area (Å²) in [6.07, 6.45) is 1.46. The fourth-order valence-electron chi connectivity index (χ4n) is 1.89. The van der Waals surface area contributed by atoms with E-state index in [1.165, 1.54) is 14.2 Å². The van der Waals surface area contributed by atoms with Gasteiger partial charge in [0.15, 0.2) is 0 Å². The zero-order valence-corrected chi connectivity index (χ0v) is 12.1. The predicted molar refractivity (Wildman–Crippen MR) is 72.3 cm³/mol. The summed E-state index contributed by atoms with van der Waals surface area (Å²) in [7, 11) is 2.91. The van der Waals surface area contributed by atoms with Crippen LogP contribution in [0.5, 0.6) is 5.88 Å². The Morgan fingerprint density at radius 2 is 2.11 bits per heavy atom. The molecule has 0 radical (unpaired) electrons. The molecule has 1 aromatic heterocycles. The summed E-state index contributed by atoms with van der Waals surface area (Å²) in [6, 6.07) is 1.72. The SMILES string of the molecule is CCCC(C)(Nc1nc(C)cc(OC)n1)C(=O)OC. The Bertz CT molecular complexity index is 451. The largest absolute Gasteiger partial charge is 0.481 e. The molecule has 1 aromatic rings. The lowest BCUT2D eigenvalue weighted by Crippen LogP contribution is -2.44. The second kappa shape index (κ2) is 6.36. The minimum atomic E-state index is -0.845. The molecule has 0 aliphatic heterocycles. The second-order valence-electron chi connectivity index (χ2n) is 4.57. The number of hydrogen-bond acceptors (Lipinski definition) is 6. The summed E-state index contributed by atoms with van der Waals surface area (Å²) in [5, 5.41) is 3.05. The van der Waals surface area contributed by atoms with Crippen LogP contribution >= 0.6 is 0 Å². The Balaban J connectivity index is 3.02. The lowest BCUT2D eigenvalue weighted by molar-refractivity contribution is -0.145. The molecule has 0 saturated carbocycles. The second-order valence-corrected chi connectivity index (χ2v) is 4.57. The fourth-order valence-corrected chi connectivity index (χ4v) is 1.89. The number of esters is 1. The molecule has 0 bridgehead atoms. The highest BCUT2D eigenvalue weighted by Gasteiger charge is 2.34. The molecule has 0 aliphatic rings. The van der Waals surface area contributed by atoms with E-state index in [1.807, 2.05) is 13.8 Å². The Morgan fingerprint density at radius 1 is 1.42 bits per heavy atom. The predicted octanol–water partition coefficient (Wildman–Crippen LogP) is 1.94. The van der Waals surface area contributed by atoms with Crippen LogP contribution in [-0.4, -0.2) is 35.7 Å². The Morgan fingerprint density at radius 3 is 2.63 bits per heavy atom. The van der Waals surface area contributed by atoms with Crippen molar-refractivity contribution in [1.29, 1.82) is 0 Å². The van der Waals surface area contributed by atoms with Crippen LogP contribution in [0.25, 0.3) is 0 Å². The molecule has 0 amide bonds. The van der Waals surface area contributed by atoms with Crippen molar-refractivity contribution in [3.63, 3.8) is 0 Å². The van der Waals surface area contributed by atoms with Crippen molar-refractivity contribution in [3.05, 3.63) is 11.8 Å². The number of aromatic nitrogens is 2. The topological polar surface area (TPSA) is 73.3 Å². The van der Waals surface area contributed by atoms with Crippen LogP contribution in [0.3, 0.4) is 0 Å². The van der Waals surface area contributed by atoms with Gasteiger partial charge in [0.05, 0.1) is 14.2 Å². The van der Waals surface area contributed by atoms with Crippen molar-refractivity contribution in [3.8, 4) is 5.88 Å². The van der Waals surface area contributed by atoms with Crippen LogP contribution < -0.4 is 10.1 Å². The Hall–Kier alpha value is -1.85. The summed E-state index contributed by atoms with van der Waals surface area (Å²) >= 11 is 0. The summed E-state index contributed by atoms with van der Waals surface area (Å²) in [6.45, 7) is 5.62. The van der Waals surface area contributed by atoms with E-state index in [0.29, 0.717) is 18.2 Å². The molecule has 1 rings (SSSR count). The van der Waals surface area contributed by atoms with Crippen LogP contribution in [0.2, 0.25) is 0 Å². The molecule has 0 saturated heterocycles. The third-order valence-electron chi connectivity index (χ3n) is 2.81. The van der Waals surface area contributed by atoms with Crippen LogP contribution in [0, 0.1) is 6.92 Å².